The fourth-order valence-corrected chi connectivity index (χ4v) is 0.776. The van der Waals surface area contributed by atoms with Crippen molar-refractivity contribution in [1.29, 1.82) is 0 Å². The summed E-state index contributed by atoms with van der Waals surface area (Å²) in [7, 11) is 1.28. The van der Waals surface area contributed by atoms with Gasteiger partial charge in [0.05, 0.1) is 12.6 Å². The highest BCUT2D eigenvalue weighted by Gasteiger charge is 2.22. The van der Waals surface area contributed by atoms with E-state index in [-0.39, 0.29) is 5.76 Å². The number of aromatic nitrogens is 1. The van der Waals surface area contributed by atoms with Crippen LogP contribution in [0.25, 0.3) is 0 Å². The molecular formula is C8H12N2O3. The Morgan fingerprint density at radius 1 is 1.69 bits per heavy atom. The number of carbonyl (C=O) groups is 1. The van der Waals surface area contributed by atoms with Gasteiger partial charge in [0, 0.05) is 6.07 Å². The largest absolute Gasteiger partial charge is 0.463 e. The van der Waals surface area contributed by atoms with Crippen LogP contribution in [0.2, 0.25) is 0 Å². The molecule has 2 N–H and O–H groups in total. The molecule has 0 atom stereocenters. The highest BCUT2D eigenvalue weighted by atomic mass is 16.5. The number of rotatable bonds is 2. The summed E-state index contributed by atoms with van der Waals surface area (Å²) in [4.78, 5) is 11.0. The fourth-order valence-electron chi connectivity index (χ4n) is 0.776. The molecule has 0 aromatic carbocycles. The molecule has 0 spiro atoms. The predicted molar refractivity (Wildman–Crippen MR) is 45.1 cm³/mol. The molecule has 1 aromatic rings. The molecule has 0 unspecified atom stereocenters. The van der Waals surface area contributed by atoms with E-state index in [4.69, 9.17) is 10.3 Å². The molecule has 5 nitrogen and oxygen atoms in total. The van der Waals surface area contributed by atoms with Gasteiger partial charge in [-0.2, -0.15) is 0 Å². The third-order valence-electron chi connectivity index (χ3n) is 1.56. The molecule has 0 aliphatic carbocycles. The Morgan fingerprint density at radius 2 is 2.31 bits per heavy atom. The Labute approximate surface area is 75.8 Å². The molecule has 72 valence electrons. The van der Waals surface area contributed by atoms with Crippen molar-refractivity contribution in [2.45, 2.75) is 19.4 Å². The van der Waals surface area contributed by atoms with Crippen LogP contribution in [0.15, 0.2) is 10.6 Å². The average Bonchev–Trinajstić information content (AvgIpc) is 2.50. The summed E-state index contributed by atoms with van der Waals surface area (Å²) in [6, 6.07) is 1.48. The molecule has 0 aliphatic rings. The smallest absolute Gasteiger partial charge is 0.376 e. The van der Waals surface area contributed by atoms with Crippen LogP contribution < -0.4 is 5.73 Å². The van der Waals surface area contributed by atoms with Gasteiger partial charge in [0.1, 0.15) is 5.69 Å². The topological polar surface area (TPSA) is 78.4 Å². The lowest BCUT2D eigenvalue weighted by Gasteiger charge is -2.12. The van der Waals surface area contributed by atoms with Gasteiger partial charge in [-0.05, 0) is 13.8 Å². The van der Waals surface area contributed by atoms with Crippen molar-refractivity contribution in [2.24, 2.45) is 5.73 Å². The van der Waals surface area contributed by atoms with Crippen LogP contribution in [0.1, 0.15) is 30.1 Å². The van der Waals surface area contributed by atoms with Crippen LogP contribution in [0.4, 0.5) is 0 Å². The number of carbonyl (C=O) groups excluding carboxylic acids is 1. The third kappa shape index (κ3) is 2.06. The van der Waals surface area contributed by atoms with Crippen molar-refractivity contribution in [2.75, 3.05) is 7.11 Å². The maximum atomic E-state index is 11.0. The molecular weight excluding hydrogens is 172 g/mol. The number of ether oxygens (including phenoxy) is 1. The van der Waals surface area contributed by atoms with Crippen LogP contribution in [0.5, 0.6) is 0 Å². The number of nitrogens with zero attached hydrogens (tertiary/aromatic N) is 1. The summed E-state index contributed by atoms with van der Waals surface area (Å²) in [6.45, 7) is 3.54. The first kappa shape index (κ1) is 9.73. The van der Waals surface area contributed by atoms with E-state index in [0.717, 1.165) is 0 Å². The standard InChI is InChI=1S/C8H12N2O3/c1-8(2,9)6-4-5(13-10-6)7(11)12-3/h4H,9H2,1-3H3. The van der Waals surface area contributed by atoms with Crippen molar-refractivity contribution in [3.05, 3.63) is 17.5 Å². The van der Waals surface area contributed by atoms with Gasteiger partial charge in [0.15, 0.2) is 0 Å². The highest BCUT2D eigenvalue weighted by molar-refractivity contribution is 5.86. The molecule has 13 heavy (non-hydrogen) atoms. The van der Waals surface area contributed by atoms with Gasteiger partial charge < -0.3 is 15.0 Å². The van der Waals surface area contributed by atoms with E-state index in [9.17, 15) is 4.79 Å². The summed E-state index contributed by atoms with van der Waals surface area (Å²) in [6.07, 6.45) is 0. The minimum Gasteiger partial charge on any atom is -0.463 e. The Kier molecular flexibility index (Phi) is 2.38. The highest BCUT2D eigenvalue weighted by Crippen LogP contribution is 2.16. The first-order valence-corrected chi connectivity index (χ1v) is 3.79. The molecule has 0 aliphatic heterocycles. The Balaban J connectivity index is 2.93. The molecule has 1 heterocycles. The van der Waals surface area contributed by atoms with Crippen LogP contribution in [0, 0.1) is 0 Å². The van der Waals surface area contributed by atoms with Gasteiger partial charge in [-0.15, -0.1) is 0 Å². The molecule has 0 saturated carbocycles. The normalized spacial score (nSPS) is 11.4. The monoisotopic (exact) mass is 184 g/mol. The van der Waals surface area contributed by atoms with Gasteiger partial charge in [0.2, 0.25) is 5.76 Å². The number of hydrogen-bond acceptors (Lipinski definition) is 5. The van der Waals surface area contributed by atoms with E-state index in [1.165, 1.54) is 13.2 Å². The van der Waals surface area contributed by atoms with Crippen LogP contribution in [-0.2, 0) is 10.3 Å². The minimum atomic E-state index is -0.615. The molecule has 1 aromatic heterocycles. The Bertz CT molecular complexity index is 311. The van der Waals surface area contributed by atoms with Crippen LogP contribution in [-0.4, -0.2) is 18.2 Å². The summed E-state index contributed by atoms with van der Waals surface area (Å²) < 4.78 is 9.19. The number of methoxy groups -OCH3 is 1. The summed E-state index contributed by atoms with van der Waals surface area (Å²) >= 11 is 0. The number of esters is 1. The van der Waals surface area contributed by atoms with E-state index < -0.39 is 11.5 Å². The first-order valence-electron chi connectivity index (χ1n) is 3.79. The molecule has 1 rings (SSSR count). The second-order valence-electron chi connectivity index (χ2n) is 3.29. The van der Waals surface area contributed by atoms with Crippen molar-refractivity contribution in [3.8, 4) is 0 Å². The maximum Gasteiger partial charge on any atom is 0.376 e. The predicted octanol–water partition coefficient (Wildman–Crippen LogP) is 0.655. The fraction of sp³-hybridized carbons (Fsp3) is 0.500. The zero-order valence-electron chi connectivity index (χ0n) is 7.83. The average molecular weight is 184 g/mol. The molecule has 0 amide bonds. The molecule has 0 radical (unpaired) electrons. The Hall–Kier alpha value is -1.36. The summed E-state index contributed by atoms with van der Waals surface area (Å²) in [5, 5.41) is 3.66. The zero-order chi connectivity index (χ0) is 10.1. The second-order valence-corrected chi connectivity index (χ2v) is 3.29. The SMILES string of the molecule is COC(=O)c1cc(C(C)(C)N)no1. The molecule has 5 heteroatoms. The number of nitrogens with two attached hydrogens (primary N) is 1. The van der Waals surface area contributed by atoms with Crippen molar-refractivity contribution in [3.63, 3.8) is 0 Å². The lowest BCUT2D eigenvalue weighted by Crippen LogP contribution is -2.28. The van der Waals surface area contributed by atoms with Gasteiger partial charge in [-0.1, -0.05) is 5.16 Å². The van der Waals surface area contributed by atoms with E-state index in [0.29, 0.717) is 5.69 Å². The van der Waals surface area contributed by atoms with E-state index in [2.05, 4.69) is 9.89 Å². The van der Waals surface area contributed by atoms with Crippen molar-refractivity contribution in [1.82, 2.24) is 5.16 Å². The lowest BCUT2D eigenvalue weighted by molar-refractivity contribution is 0.0554. The third-order valence-corrected chi connectivity index (χ3v) is 1.56. The molecule has 0 fully saturated rings. The lowest BCUT2D eigenvalue weighted by atomic mass is 10.0. The summed E-state index contributed by atoms with van der Waals surface area (Å²) in [5.41, 5.74) is 5.64. The first-order chi connectivity index (χ1) is 5.95. The molecule has 0 saturated heterocycles. The Morgan fingerprint density at radius 3 is 2.69 bits per heavy atom. The quantitative estimate of drug-likeness (QED) is 0.683. The van der Waals surface area contributed by atoms with E-state index in [1.807, 2.05) is 0 Å². The van der Waals surface area contributed by atoms with Gasteiger partial charge >= 0.3 is 5.97 Å². The van der Waals surface area contributed by atoms with E-state index >= 15 is 0 Å². The van der Waals surface area contributed by atoms with E-state index in [1.54, 1.807) is 13.8 Å². The van der Waals surface area contributed by atoms with Gasteiger partial charge in [-0.25, -0.2) is 4.79 Å². The number of hydrogen-bond donors (Lipinski definition) is 1. The summed E-state index contributed by atoms with van der Waals surface area (Å²) in [5.74, 6) is -0.487. The van der Waals surface area contributed by atoms with Gasteiger partial charge in [0.25, 0.3) is 0 Å². The van der Waals surface area contributed by atoms with Crippen LogP contribution in [0.3, 0.4) is 0 Å². The van der Waals surface area contributed by atoms with Crippen LogP contribution >= 0.6 is 0 Å². The maximum absolute atomic E-state index is 11.0. The minimum absolute atomic E-state index is 0.0658. The zero-order valence-corrected chi connectivity index (χ0v) is 7.83. The second kappa shape index (κ2) is 3.18. The van der Waals surface area contributed by atoms with Crippen molar-refractivity contribution < 1.29 is 14.1 Å². The van der Waals surface area contributed by atoms with Crippen molar-refractivity contribution >= 4 is 5.97 Å². The molecule has 0 bridgehead atoms. The van der Waals surface area contributed by atoms with Gasteiger partial charge in [-0.3, -0.25) is 0 Å².